The van der Waals surface area contributed by atoms with Gasteiger partial charge in [0, 0.05) is 19.9 Å². The molecule has 1 rings (SSSR count). The van der Waals surface area contributed by atoms with Gasteiger partial charge in [-0.25, -0.2) is 4.79 Å². The lowest BCUT2D eigenvalue weighted by Crippen LogP contribution is -2.32. The molecule has 0 aliphatic rings. The highest BCUT2D eigenvalue weighted by atomic mass is 16.5. The molecule has 6 heteroatoms. The largest absolute Gasteiger partial charge is 0.478 e. The second-order valence-corrected chi connectivity index (χ2v) is 3.49. The molecule has 0 spiro atoms. The van der Waals surface area contributed by atoms with E-state index in [0.717, 1.165) is 0 Å². The summed E-state index contributed by atoms with van der Waals surface area (Å²) in [6.07, 6.45) is 1.18. The number of aromatic carboxylic acids is 1. The first-order valence-corrected chi connectivity index (χ1v) is 5.05. The molecule has 1 aromatic rings. The van der Waals surface area contributed by atoms with Crippen LogP contribution in [0.15, 0.2) is 18.3 Å². The summed E-state index contributed by atoms with van der Waals surface area (Å²) in [5, 5.41) is 11.4. The first-order valence-electron chi connectivity index (χ1n) is 5.05. The van der Waals surface area contributed by atoms with E-state index >= 15 is 0 Å². The monoisotopic (exact) mass is 238 g/mol. The van der Waals surface area contributed by atoms with Crippen molar-refractivity contribution in [1.82, 2.24) is 10.3 Å². The van der Waals surface area contributed by atoms with Crippen LogP contribution >= 0.6 is 0 Å². The summed E-state index contributed by atoms with van der Waals surface area (Å²) in [5.41, 5.74) is 0.109. The third-order valence-corrected chi connectivity index (χ3v) is 2.19. The molecule has 1 amide bonds. The van der Waals surface area contributed by atoms with Crippen LogP contribution in [0.5, 0.6) is 0 Å². The van der Waals surface area contributed by atoms with Crippen molar-refractivity contribution in [3.63, 3.8) is 0 Å². The molecule has 0 aliphatic carbocycles. The van der Waals surface area contributed by atoms with E-state index in [1.54, 1.807) is 14.0 Å². The number of hydrogen-bond acceptors (Lipinski definition) is 4. The van der Waals surface area contributed by atoms with Gasteiger partial charge in [0.2, 0.25) is 0 Å². The van der Waals surface area contributed by atoms with Crippen molar-refractivity contribution in [3.05, 3.63) is 29.6 Å². The summed E-state index contributed by atoms with van der Waals surface area (Å²) < 4.78 is 4.97. The molecule has 1 heterocycles. The number of ether oxygens (including phenoxy) is 1. The molecule has 0 saturated carbocycles. The van der Waals surface area contributed by atoms with Crippen molar-refractivity contribution in [2.75, 3.05) is 13.7 Å². The zero-order valence-electron chi connectivity index (χ0n) is 9.64. The molecule has 0 aromatic carbocycles. The smallest absolute Gasteiger partial charge is 0.335 e. The Morgan fingerprint density at radius 1 is 1.59 bits per heavy atom. The van der Waals surface area contributed by atoms with Crippen molar-refractivity contribution in [2.24, 2.45) is 0 Å². The molecule has 92 valence electrons. The van der Waals surface area contributed by atoms with Gasteiger partial charge in [0.25, 0.3) is 5.91 Å². The molecule has 0 bridgehead atoms. The van der Waals surface area contributed by atoms with E-state index in [1.807, 2.05) is 0 Å². The SMILES string of the molecule is COC(C)CNC(=O)c1cc(C(=O)O)ccn1. The number of hydrogen-bond donors (Lipinski definition) is 2. The summed E-state index contributed by atoms with van der Waals surface area (Å²) >= 11 is 0. The Bertz CT molecular complexity index is 420. The number of pyridine rings is 1. The van der Waals surface area contributed by atoms with Gasteiger partial charge >= 0.3 is 5.97 Å². The highest BCUT2D eigenvalue weighted by Crippen LogP contribution is 2.01. The third kappa shape index (κ3) is 3.84. The number of nitrogens with one attached hydrogen (secondary N) is 1. The Hall–Kier alpha value is -1.95. The van der Waals surface area contributed by atoms with E-state index in [0.29, 0.717) is 6.54 Å². The Kier molecular flexibility index (Phi) is 4.59. The molecular formula is C11H14N2O4. The molecule has 6 nitrogen and oxygen atoms in total. The average molecular weight is 238 g/mol. The number of aromatic nitrogens is 1. The molecule has 1 atom stereocenters. The minimum atomic E-state index is -1.09. The number of carbonyl (C=O) groups excluding carboxylic acids is 1. The van der Waals surface area contributed by atoms with E-state index < -0.39 is 11.9 Å². The molecule has 0 aliphatic heterocycles. The van der Waals surface area contributed by atoms with Crippen molar-refractivity contribution in [2.45, 2.75) is 13.0 Å². The van der Waals surface area contributed by atoms with Crippen molar-refractivity contribution >= 4 is 11.9 Å². The zero-order valence-corrected chi connectivity index (χ0v) is 9.64. The summed E-state index contributed by atoms with van der Waals surface area (Å²) in [6.45, 7) is 2.15. The van der Waals surface area contributed by atoms with E-state index in [2.05, 4.69) is 10.3 Å². The highest BCUT2D eigenvalue weighted by Gasteiger charge is 2.11. The normalized spacial score (nSPS) is 11.9. The van der Waals surface area contributed by atoms with Gasteiger partial charge < -0.3 is 15.2 Å². The number of nitrogens with zero attached hydrogens (tertiary/aromatic N) is 1. The lowest BCUT2D eigenvalue weighted by Gasteiger charge is -2.10. The van der Waals surface area contributed by atoms with Gasteiger partial charge in [-0.3, -0.25) is 9.78 Å². The average Bonchev–Trinajstić information content (AvgIpc) is 2.35. The lowest BCUT2D eigenvalue weighted by atomic mass is 10.2. The van der Waals surface area contributed by atoms with Gasteiger partial charge in [0.1, 0.15) is 5.69 Å². The number of carboxylic acid groups (broad SMARTS) is 1. The Morgan fingerprint density at radius 3 is 2.88 bits per heavy atom. The Labute approximate surface area is 98.6 Å². The van der Waals surface area contributed by atoms with Crippen molar-refractivity contribution in [3.8, 4) is 0 Å². The van der Waals surface area contributed by atoms with Crippen molar-refractivity contribution in [1.29, 1.82) is 0 Å². The second-order valence-electron chi connectivity index (χ2n) is 3.49. The van der Waals surface area contributed by atoms with Gasteiger partial charge in [0.05, 0.1) is 11.7 Å². The fraction of sp³-hybridized carbons (Fsp3) is 0.364. The van der Waals surface area contributed by atoms with Crippen LogP contribution in [0.2, 0.25) is 0 Å². The van der Waals surface area contributed by atoms with Gasteiger partial charge in [0.15, 0.2) is 0 Å². The minimum Gasteiger partial charge on any atom is -0.478 e. The molecule has 0 radical (unpaired) electrons. The van der Waals surface area contributed by atoms with E-state index in [1.165, 1.54) is 18.3 Å². The van der Waals surface area contributed by atoms with Crippen LogP contribution < -0.4 is 5.32 Å². The van der Waals surface area contributed by atoms with Crippen LogP contribution in [0.1, 0.15) is 27.8 Å². The molecule has 1 unspecified atom stereocenters. The van der Waals surface area contributed by atoms with Gasteiger partial charge in [-0.2, -0.15) is 0 Å². The van der Waals surface area contributed by atoms with Crippen LogP contribution in [-0.4, -0.2) is 41.7 Å². The van der Waals surface area contributed by atoms with Crippen LogP contribution in [0, 0.1) is 0 Å². The molecule has 1 aromatic heterocycles. The molecule has 17 heavy (non-hydrogen) atoms. The van der Waals surface area contributed by atoms with E-state index in [4.69, 9.17) is 9.84 Å². The van der Waals surface area contributed by atoms with E-state index in [-0.39, 0.29) is 17.4 Å². The topological polar surface area (TPSA) is 88.5 Å². The number of carbonyl (C=O) groups is 2. The first kappa shape index (κ1) is 13.1. The zero-order chi connectivity index (χ0) is 12.8. The van der Waals surface area contributed by atoms with Crippen molar-refractivity contribution < 1.29 is 19.4 Å². The van der Waals surface area contributed by atoms with Crippen LogP contribution in [-0.2, 0) is 4.74 Å². The van der Waals surface area contributed by atoms with Crippen LogP contribution in [0.25, 0.3) is 0 Å². The summed E-state index contributed by atoms with van der Waals surface area (Å²) in [6, 6.07) is 2.56. The van der Waals surface area contributed by atoms with Crippen LogP contribution in [0.4, 0.5) is 0 Å². The highest BCUT2D eigenvalue weighted by molar-refractivity contribution is 5.95. The standard InChI is InChI=1S/C11H14N2O4/c1-7(17-2)6-13-10(14)9-5-8(11(15)16)3-4-12-9/h3-5,7H,6H2,1-2H3,(H,13,14)(H,15,16). The summed E-state index contributed by atoms with van der Waals surface area (Å²) in [4.78, 5) is 26.1. The number of rotatable bonds is 5. The maximum absolute atomic E-state index is 11.6. The molecule has 0 saturated heterocycles. The third-order valence-electron chi connectivity index (χ3n) is 2.19. The maximum Gasteiger partial charge on any atom is 0.335 e. The fourth-order valence-electron chi connectivity index (χ4n) is 1.10. The first-order chi connectivity index (χ1) is 8.04. The molecule has 2 N–H and O–H groups in total. The van der Waals surface area contributed by atoms with Gasteiger partial charge in [-0.05, 0) is 19.1 Å². The minimum absolute atomic E-state index is 0.0324. The second kappa shape index (κ2) is 5.95. The van der Waals surface area contributed by atoms with Crippen LogP contribution in [0.3, 0.4) is 0 Å². The summed E-state index contributed by atoms with van der Waals surface area (Å²) in [7, 11) is 1.54. The number of methoxy groups -OCH3 is 1. The molecular weight excluding hydrogens is 224 g/mol. The Morgan fingerprint density at radius 2 is 2.29 bits per heavy atom. The number of amides is 1. The fourth-order valence-corrected chi connectivity index (χ4v) is 1.10. The lowest BCUT2D eigenvalue weighted by molar-refractivity contribution is 0.0696. The number of carboxylic acids is 1. The maximum atomic E-state index is 11.6. The van der Waals surface area contributed by atoms with Gasteiger partial charge in [-0.1, -0.05) is 0 Å². The molecule has 0 fully saturated rings. The predicted molar refractivity (Wildman–Crippen MR) is 60.0 cm³/mol. The predicted octanol–water partition coefficient (Wildman–Crippen LogP) is 0.544. The summed E-state index contributed by atoms with van der Waals surface area (Å²) in [5.74, 6) is -1.51. The quantitative estimate of drug-likeness (QED) is 0.781. The van der Waals surface area contributed by atoms with Gasteiger partial charge in [-0.15, -0.1) is 0 Å². The van der Waals surface area contributed by atoms with E-state index in [9.17, 15) is 9.59 Å². The Balaban J connectivity index is 2.69.